The molecule has 76 valence electrons. The number of esters is 1. The van der Waals surface area contributed by atoms with Crippen LogP contribution in [0.15, 0.2) is 24.5 Å². The Hall–Kier alpha value is -1.38. The van der Waals surface area contributed by atoms with Crippen LogP contribution >= 0.6 is 0 Å². The van der Waals surface area contributed by atoms with Crippen molar-refractivity contribution in [3.8, 4) is 0 Å². The normalized spacial score (nSPS) is 12.1. The van der Waals surface area contributed by atoms with Gasteiger partial charge in [0.2, 0.25) is 0 Å². The molecule has 0 bridgehead atoms. The molecule has 0 aliphatic carbocycles. The minimum atomic E-state index is -0.293. The van der Waals surface area contributed by atoms with E-state index >= 15 is 0 Å². The monoisotopic (exact) mass is 193 g/mol. The van der Waals surface area contributed by atoms with E-state index in [0.29, 0.717) is 5.56 Å². The van der Waals surface area contributed by atoms with Crippen molar-refractivity contribution in [3.05, 3.63) is 30.1 Å². The maximum Gasteiger partial charge on any atom is 0.339 e. The van der Waals surface area contributed by atoms with Crippen molar-refractivity contribution >= 4 is 5.97 Å². The Labute approximate surface area is 84.1 Å². The fourth-order valence-corrected chi connectivity index (χ4v) is 1.20. The Balaban J connectivity index is 2.51. The Morgan fingerprint density at radius 3 is 3.00 bits per heavy atom. The third kappa shape index (κ3) is 3.17. The number of carbonyl (C=O) groups excluding carboxylic acids is 1. The highest BCUT2D eigenvalue weighted by Crippen LogP contribution is 2.05. The molecule has 3 nitrogen and oxygen atoms in total. The van der Waals surface area contributed by atoms with Crippen molar-refractivity contribution in [2.75, 3.05) is 0 Å². The molecule has 0 amide bonds. The summed E-state index contributed by atoms with van der Waals surface area (Å²) in [5.41, 5.74) is 0.510. The molecule has 0 saturated carbocycles. The summed E-state index contributed by atoms with van der Waals surface area (Å²) < 4.78 is 5.20. The third-order valence-corrected chi connectivity index (χ3v) is 1.90. The average molecular weight is 193 g/mol. The first kappa shape index (κ1) is 10.7. The topological polar surface area (TPSA) is 39.2 Å². The largest absolute Gasteiger partial charge is 0.459 e. The molecule has 0 fully saturated rings. The van der Waals surface area contributed by atoms with Crippen LogP contribution in [0.3, 0.4) is 0 Å². The lowest BCUT2D eigenvalue weighted by atomic mass is 10.2. The zero-order valence-corrected chi connectivity index (χ0v) is 8.56. The number of hydrogen-bond donors (Lipinski definition) is 0. The highest BCUT2D eigenvalue weighted by molar-refractivity contribution is 5.88. The van der Waals surface area contributed by atoms with Crippen LogP contribution in [0.2, 0.25) is 0 Å². The van der Waals surface area contributed by atoms with E-state index in [4.69, 9.17) is 4.74 Å². The maximum atomic E-state index is 11.5. The van der Waals surface area contributed by atoms with Gasteiger partial charge in [-0.15, -0.1) is 0 Å². The highest BCUT2D eigenvalue weighted by atomic mass is 16.5. The third-order valence-electron chi connectivity index (χ3n) is 1.90. The van der Waals surface area contributed by atoms with E-state index in [0.717, 1.165) is 12.8 Å². The number of pyridine rings is 1. The molecule has 3 heteroatoms. The zero-order chi connectivity index (χ0) is 10.4. The first-order chi connectivity index (χ1) is 6.74. The van der Waals surface area contributed by atoms with Crippen LogP contribution in [0.1, 0.15) is 37.0 Å². The number of nitrogens with zero attached hydrogens (tertiary/aromatic N) is 1. The molecule has 0 saturated heterocycles. The fraction of sp³-hybridized carbons (Fsp3) is 0.455. The molecular formula is C11H15NO2. The van der Waals surface area contributed by atoms with Gasteiger partial charge in [-0.05, 0) is 25.5 Å². The van der Waals surface area contributed by atoms with E-state index in [2.05, 4.69) is 11.9 Å². The van der Waals surface area contributed by atoms with E-state index in [1.165, 1.54) is 6.20 Å². The van der Waals surface area contributed by atoms with Crippen molar-refractivity contribution in [2.24, 2.45) is 0 Å². The molecule has 0 aromatic carbocycles. The molecule has 0 aliphatic heterocycles. The van der Waals surface area contributed by atoms with Gasteiger partial charge in [-0.1, -0.05) is 13.3 Å². The van der Waals surface area contributed by atoms with Gasteiger partial charge in [0.1, 0.15) is 0 Å². The number of ether oxygens (including phenoxy) is 1. The minimum absolute atomic E-state index is 0.0206. The summed E-state index contributed by atoms with van der Waals surface area (Å²) in [7, 11) is 0. The second kappa shape index (κ2) is 5.37. The van der Waals surface area contributed by atoms with Gasteiger partial charge < -0.3 is 4.74 Å². The van der Waals surface area contributed by atoms with Crippen LogP contribution in [0.25, 0.3) is 0 Å². The van der Waals surface area contributed by atoms with Gasteiger partial charge in [0.05, 0.1) is 11.7 Å². The first-order valence-corrected chi connectivity index (χ1v) is 4.85. The van der Waals surface area contributed by atoms with E-state index < -0.39 is 0 Å². The van der Waals surface area contributed by atoms with Gasteiger partial charge in [-0.3, -0.25) is 4.98 Å². The maximum absolute atomic E-state index is 11.5. The summed E-state index contributed by atoms with van der Waals surface area (Å²) in [5, 5.41) is 0. The van der Waals surface area contributed by atoms with Crippen molar-refractivity contribution in [1.82, 2.24) is 4.98 Å². The number of carbonyl (C=O) groups is 1. The molecule has 0 aliphatic rings. The van der Waals surface area contributed by atoms with Crippen LogP contribution in [0, 0.1) is 0 Å². The molecule has 0 radical (unpaired) electrons. The smallest absolute Gasteiger partial charge is 0.339 e. The summed E-state index contributed by atoms with van der Waals surface area (Å²) in [6.07, 6.45) is 5.04. The van der Waals surface area contributed by atoms with Crippen LogP contribution in [0.4, 0.5) is 0 Å². The van der Waals surface area contributed by atoms with Gasteiger partial charge >= 0.3 is 5.97 Å². The molecule has 1 unspecified atom stereocenters. The van der Waals surface area contributed by atoms with Gasteiger partial charge in [0, 0.05) is 12.4 Å². The number of rotatable bonds is 4. The first-order valence-electron chi connectivity index (χ1n) is 4.85. The summed E-state index contributed by atoms with van der Waals surface area (Å²) in [6, 6.07) is 3.43. The van der Waals surface area contributed by atoms with E-state index in [9.17, 15) is 4.79 Å². The van der Waals surface area contributed by atoms with Crippen molar-refractivity contribution in [2.45, 2.75) is 32.8 Å². The molecular weight excluding hydrogens is 178 g/mol. The summed E-state index contributed by atoms with van der Waals surface area (Å²) in [4.78, 5) is 15.3. The lowest BCUT2D eigenvalue weighted by molar-refractivity contribution is 0.0323. The number of hydrogen-bond acceptors (Lipinski definition) is 3. The van der Waals surface area contributed by atoms with Crippen LogP contribution in [0.5, 0.6) is 0 Å². The molecule has 1 rings (SSSR count). The molecule has 1 atom stereocenters. The standard InChI is InChI=1S/C11H15NO2/c1-3-5-9(2)14-11(13)10-6-4-7-12-8-10/h4,6-9H,3,5H2,1-2H3. The van der Waals surface area contributed by atoms with E-state index in [-0.39, 0.29) is 12.1 Å². The number of aromatic nitrogens is 1. The zero-order valence-electron chi connectivity index (χ0n) is 8.56. The Bertz CT molecular complexity index is 285. The highest BCUT2D eigenvalue weighted by Gasteiger charge is 2.10. The molecule has 14 heavy (non-hydrogen) atoms. The molecule has 1 aromatic rings. The Kier molecular flexibility index (Phi) is 4.11. The van der Waals surface area contributed by atoms with Gasteiger partial charge in [-0.2, -0.15) is 0 Å². The van der Waals surface area contributed by atoms with Crippen LogP contribution in [-0.4, -0.2) is 17.1 Å². The van der Waals surface area contributed by atoms with Gasteiger partial charge in [0.25, 0.3) is 0 Å². The molecule has 0 spiro atoms. The van der Waals surface area contributed by atoms with Crippen molar-refractivity contribution in [3.63, 3.8) is 0 Å². The molecule has 0 N–H and O–H groups in total. The van der Waals surface area contributed by atoms with E-state index in [1.54, 1.807) is 18.3 Å². The summed E-state index contributed by atoms with van der Waals surface area (Å²) in [6.45, 7) is 3.96. The summed E-state index contributed by atoms with van der Waals surface area (Å²) >= 11 is 0. The Morgan fingerprint density at radius 2 is 2.43 bits per heavy atom. The predicted octanol–water partition coefficient (Wildman–Crippen LogP) is 2.43. The Morgan fingerprint density at radius 1 is 1.64 bits per heavy atom. The predicted molar refractivity (Wildman–Crippen MR) is 54.0 cm³/mol. The van der Waals surface area contributed by atoms with Gasteiger partial charge in [-0.25, -0.2) is 4.79 Å². The second-order valence-electron chi connectivity index (χ2n) is 3.25. The lowest BCUT2D eigenvalue weighted by Gasteiger charge is -2.11. The second-order valence-corrected chi connectivity index (χ2v) is 3.25. The van der Waals surface area contributed by atoms with Crippen molar-refractivity contribution in [1.29, 1.82) is 0 Å². The van der Waals surface area contributed by atoms with E-state index in [1.807, 2.05) is 6.92 Å². The quantitative estimate of drug-likeness (QED) is 0.689. The van der Waals surface area contributed by atoms with Crippen LogP contribution in [-0.2, 0) is 4.74 Å². The van der Waals surface area contributed by atoms with Crippen LogP contribution < -0.4 is 0 Å². The molecule has 1 heterocycles. The van der Waals surface area contributed by atoms with Crippen molar-refractivity contribution < 1.29 is 9.53 Å². The minimum Gasteiger partial charge on any atom is -0.459 e. The average Bonchev–Trinajstić information content (AvgIpc) is 2.19. The fourth-order valence-electron chi connectivity index (χ4n) is 1.20. The summed E-state index contributed by atoms with van der Waals surface area (Å²) in [5.74, 6) is -0.293. The SMILES string of the molecule is CCCC(C)OC(=O)c1cccnc1. The molecule has 1 aromatic heterocycles. The van der Waals surface area contributed by atoms with Gasteiger partial charge in [0.15, 0.2) is 0 Å². The lowest BCUT2D eigenvalue weighted by Crippen LogP contribution is -2.14.